The summed E-state index contributed by atoms with van der Waals surface area (Å²) < 4.78 is 37.0. The molecule has 1 rings (SSSR count). The van der Waals surface area contributed by atoms with Crippen LogP contribution in [0.2, 0.25) is 0 Å². The van der Waals surface area contributed by atoms with E-state index in [1.165, 1.54) is 6.07 Å². The van der Waals surface area contributed by atoms with Crippen LogP contribution in [0, 0.1) is 6.92 Å². The summed E-state index contributed by atoms with van der Waals surface area (Å²) in [4.78, 5) is 10.6. The molecule has 1 atom stereocenters. The van der Waals surface area contributed by atoms with Crippen molar-refractivity contribution in [2.75, 3.05) is 0 Å². The number of carboxylic acid groups (broad SMARTS) is 1. The molecule has 0 spiro atoms. The second-order valence-electron chi connectivity index (χ2n) is 4.03. The van der Waals surface area contributed by atoms with E-state index < -0.39 is 30.9 Å². The summed E-state index contributed by atoms with van der Waals surface area (Å²) in [5, 5.41) is 8.64. The Morgan fingerprint density at radius 3 is 2.53 bits per heavy atom. The van der Waals surface area contributed by atoms with Crippen molar-refractivity contribution in [3.05, 3.63) is 35.4 Å². The Morgan fingerprint density at radius 2 is 2.06 bits per heavy atom. The van der Waals surface area contributed by atoms with Crippen LogP contribution in [0.15, 0.2) is 24.3 Å². The summed E-state index contributed by atoms with van der Waals surface area (Å²) >= 11 is 0. The van der Waals surface area contributed by atoms with Gasteiger partial charge in [-0.1, -0.05) is 29.8 Å². The summed E-state index contributed by atoms with van der Waals surface area (Å²) in [7, 11) is 0. The number of aliphatic carboxylic acids is 1. The zero-order chi connectivity index (χ0) is 13.1. The highest BCUT2D eigenvalue weighted by Gasteiger charge is 2.33. The van der Waals surface area contributed by atoms with E-state index in [4.69, 9.17) is 5.11 Å². The molecule has 94 valence electrons. The fraction of sp³-hybridized carbons (Fsp3) is 0.417. The Kier molecular flexibility index (Phi) is 4.15. The van der Waals surface area contributed by atoms with E-state index in [9.17, 15) is 18.0 Å². The van der Waals surface area contributed by atoms with Crippen LogP contribution in [-0.4, -0.2) is 17.3 Å². The summed E-state index contributed by atoms with van der Waals surface area (Å²) in [6.45, 7) is 1.76. The van der Waals surface area contributed by atoms with Crippen molar-refractivity contribution in [3.63, 3.8) is 0 Å². The molecule has 17 heavy (non-hydrogen) atoms. The SMILES string of the molecule is Cc1cccc(C(CC(=O)O)CC(F)(F)F)c1. The molecule has 2 nitrogen and oxygen atoms in total. The highest BCUT2D eigenvalue weighted by Crippen LogP contribution is 2.33. The maximum absolute atomic E-state index is 12.3. The molecule has 0 aliphatic heterocycles. The van der Waals surface area contributed by atoms with E-state index in [0.29, 0.717) is 5.56 Å². The molecule has 1 aromatic rings. The number of rotatable bonds is 4. The maximum atomic E-state index is 12.3. The van der Waals surface area contributed by atoms with Crippen molar-refractivity contribution >= 4 is 5.97 Å². The smallest absolute Gasteiger partial charge is 0.389 e. The normalized spacial score (nSPS) is 13.4. The van der Waals surface area contributed by atoms with E-state index in [1.807, 2.05) is 0 Å². The molecule has 0 radical (unpaired) electrons. The molecule has 5 heteroatoms. The summed E-state index contributed by atoms with van der Waals surface area (Å²) in [6, 6.07) is 6.52. The monoisotopic (exact) mass is 246 g/mol. The molecule has 1 aromatic carbocycles. The number of halogens is 3. The lowest BCUT2D eigenvalue weighted by molar-refractivity contribution is -0.145. The van der Waals surface area contributed by atoms with Crippen molar-refractivity contribution in [1.82, 2.24) is 0 Å². The zero-order valence-electron chi connectivity index (χ0n) is 9.29. The molecule has 0 saturated heterocycles. The van der Waals surface area contributed by atoms with Gasteiger partial charge >= 0.3 is 12.1 Å². The summed E-state index contributed by atoms with van der Waals surface area (Å²) in [5.41, 5.74) is 1.24. The van der Waals surface area contributed by atoms with E-state index >= 15 is 0 Å². The van der Waals surface area contributed by atoms with Gasteiger partial charge in [-0.25, -0.2) is 0 Å². The van der Waals surface area contributed by atoms with Gasteiger partial charge in [0.2, 0.25) is 0 Å². The predicted octanol–water partition coefficient (Wildman–Crippen LogP) is 3.51. The minimum absolute atomic E-state index is 0.421. The first-order valence-electron chi connectivity index (χ1n) is 5.13. The third-order valence-electron chi connectivity index (χ3n) is 2.41. The van der Waals surface area contributed by atoms with Crippen LogP contribution >= 0.6 is 0 Å². The van der Waals surface area contributed by atoms with E-state index in [2.05, 4.69) is 0 Å². The fourth-order valence-electron chi connectivity index (χ4n) is 1.72. The van der Waals surface area contributed by atoms with Gasteiger partial charge in [0.25, 0.3) is 0 Å². The molecule has 0 amide bonds. The third-order valence-corrected chi connectivity index (χ3v) is 2.41. The minimum Gasteiger partial charge on any atom is -0.481 e. The van der Waals surface area contributed by atoms with Crippen LogP contribution in [0.1, 0.15) is 29.9 Å². The molecule has 0 heterocycles. The fourth-order valence-corrected chi connectivity index (χ4v) is 1.72. The average Bonchev–Trinajstić information content (AvgIpc) is 2.13. The number of aryl methyl sites for hydroxylation is 1. The molecule has 0 fully saturated rings. The molecule has 0 aliphatic rings. The predicted molar refractivity (Wildman–Crippen MR) is 56.8 cm³/mol. The van der Waals surface area contributed by atoms with Gasteiger partial charge in [-0.2, -0.15) is 13.2 Å². The van der Waals surface area contributed by atoms with Gasteiger partial charge in [0, 0.05) is 5.92 Å². The maximum Gasteiger partial charge on any atom is 0.389 e. The number of benzene rings is 1. The summed E-state index contributed by atoms with van der Waals surface area (Å²) in [6.07, 6.45) is -5.98. The molecule has 0 aliphatic carbocycles. The Labute approximate surface area is 97.1 Å². The lowest BCUT2D eigenvalue weighted by Crippen LogP contribution is -2.16. The number of alkyl halides is 3. The second-order valence-corrected chi connectivity index (χ2v) is 4.03. The molecule has 0 aromatic heterocycles. The first kappa shape index (κ1) is 13.5. The molecular formula is C12H13F3O2. The van der Waals surface area contributed by atoms with Gasteiger partial charge in [-0.15, -0.1) is 0 Å². The number of hydrogen-bond acceptors (Lipinski definition) is 1. The van der Waals surface area contributed by atoms with Crippen molar-refractivity contribution in [1.29, 1.82) is 0 Å². The minimum atomic E-state index is -4.36. The first-order chi connectivity index (χ1) is 7.78. The van der Waals surface area contributed by atoms with Crippen molar-refractivity contribution in [2.24, 2.45) is 0 Å². The van der Waals surface area contributed by atoms with Gasteiger partial charge in [0.1, 0.15) is 0 Å². The van der Waals surface area contributed by atoms with Crippen LogP contribution in [0.3, 0.4) is 0 Å². The average molecular weight is 246 g/mol. The van der Waals surface area contributed by atoms with Crippen LogP contribution < -0.4 is 0 Å². The molecule has 0 saturated carbocycles. The molecule has 1 unspecified atom stereocenters. The van der Waals surface area contributed by atoms with Gasteiger partial charge in [-0.05, 0) is 12.5 Å². The number of carbonyl (C=O) groups is 1. The van der Waals surface area contributed by atoms with Gasteiger partial charge in [0.15, 0.2) is 0 Å². The van der Waals surface area contributed by atoms with Crippen molar-refractivity contribution < 1.29 is 23.1 Å². The van der Waals surface area contributed by atoms with E-state index in [-0.39, 0.29) is 0 Å². The molecule has 1 N–H and O–H groups in total. The van der Waals surface area contributed by atoms with Crippen LogP contribution in [0.5, 0.6) is 0 Å². The van der Waals surface area contributed by atoms with E-state index in [1.54, 1.807) is 25.1 Å². The Bertz CT molecular complexity index is 399. The standard InChI is InChI=1S/C12H13F3O2/c1-8-3-2-4-9(5-8)10(6-11(16)17)7-12(13,14)15/h2-5,10H,6-7H2,1H3,(H,16,17). The molecular weight excluding hydrogens is 233 g/mol. The van der Waals surface area contributed by atoms with Gasteiger partial charge in [-0.3, -0.25) is 4.79 Å². The third kappa shape index (κ3) is 4.89. The Hall–Kier alpha value is -1.52. The number of carboxylic acids is 1. The lowest BCUT2D eigenvalue weighted by atomic mass is 9.91. The highest BCUT2D eigenvalue weighted by atomic mass is 19.4. The lowest BCUT2D eigenvalue weighted by Gasteiger charge is -2.17. The topological polar surface area (TPSA) is 37.3 Å². The highest BCUT2D eigenvalue weighted by molar-refractivity contribution is 5.68. The van der Waals surface area contributed by atoms with Crippen LogP contribution in [0.4, 0.5) is 13.2 Å². The Balaban J connectivity index is 2.93. The first-order valence-corrected chi connectivity index (χ1v) is 5.13. The van der Waals surface area contributed by atoms with Crippen LogP contribution in [0.25, 0.3) is 0 Å². The number of hydrogen-bond donors (Lipinski definition) is 1. The Morgan fingerprint density at radius 1 is 1.41 bits per heavy atom. The van der Waals surface area contributed by atoms with Crippen molar-refractivity contribution in [3.8, 4) is 0 Å². The summed E-state index contributed by atoms with van der Waals surface area (Å²) in [5.74, 6) is -2.24. The van der Waals surface area contributed by atoms with Crippen LogP contribution in [-0.2, 0) is 4.79 Å². The largest absolute Gasteiger partial charge is 0.481 e. The molecule has 0 bridgehead atoms. The van der Waals surface area contributed by atoms with Gasteiger partial charge < -0.3 is 5.11 Å². The second kappa shape index (κ2) is 5.21. The van der Waals surface area contributed by atoms with E-state index in [0.717, 1.165) is 5.56 Å². The van der Waals surface area contributed by atoms with Crippen molar-refractivity contribution in [2.45, 2.75) is 31.9 Å². The zero-order valence-corrected chi connectivity index (χ0v) is 9.29. The van der Waals surface area contributed by atoms with Gasteiger partial charge in [0.05, 0.1) is 12.8 Å². The quantitative estimate of drug-likeness (QED) is 0.882.